The summed E-state index contributed by atoms with van der Waals surface area (Å²) in [4.78, 5) is 0. The minimum atomic E-state index is 0.0650. The highest BCUT2D eigenvalue weighted by atomic mass is 16.7. The van der Waals surface area contributed by atoms with Gasteiger partial charge in [0.15, 0.2) is 6.79 Å². The minimum Gasteiger partial charge on any atom is -0.467 e. The molecule has 3 nitrogen and oxygen atoms in total. The van der Waals surface area contributed by atoms with Crippen LogP contribution in [0, 0.1) is 0 Å². The van der Waals surface area contributed by atoms with Gasteiger partial charge in [0.2, 0.25) is 0 Å². The topological polar surface area (TPSA) is 30.5 Å². The first-order chi connectivity index (χ1) is 9.51. The molecule has 2 aromatic rings. The predicted molar refractivity (Wildman–Crippen MR) is 83.0 cm³/mol. The second-order valence-corrected chi connectivity index (χ2v) is 5.92. The van der Waals surface area contributed by atoms with E-state index in [1.165, 1.54) is 16.3 Å². The van der Waals surface area contributed by atoms with Crippen LogP contribution in [-0.4, -0.2) is 19.4 Å². The van der Waals surface area contributed by atoms with Crippen LogP contribution >= 0.6 is 0 Å². The summed E-state index contributed by atoms with van der Waals surface area (Å²) in [6.45, 7) is 7.51. The molecule has 0 amide bonds. The highest BCUT2D eigenvalue weighted by molar-refractivity contribution is 5.87. The Hall–Kier alpha value is -1.58. The van der Waals surface area contributed by atoms with Gasteiger partial charge in [-0.05, 0) is 37.6 Å². The first-order valence-corrected chi connectivity index (χ1v) is 6.88. The van der Waals surface area contributed by atoms with E-state index in [1.54, 1.807) is 7.11 Å². The van der Waals surface area contributed by atoms with Gasteiger partial charge in [0.1, 0.15) is 5.75 Å². The standard InChI is InChI=1S/C17H23NO2/c1-17(2,3)18-11-15-14-8-6-5-7-13(14)9-10-16(15)20-12-19-4/h5-10,18H,11-12H2,1-4H3. The van der Waals surface area contributed by atoms with E-state index in [0.29, 0.717) is 0 Å². The molecule has 0 aliphatic heterocycles. The molecule has 0 aromatic heterocycles. The Morgan fingerprint density at radius 2 is 1.80 bits per heavy atom. The zero-order valence-electron chi connectivity index (χ0n) is 12.7. The Morgan fingerprint density at radius 1 is 1.05 bits per heavy atom. The van der Waals surface area contributed by atoms with Crippen molar-refractivity contribution in [2.75, 3.05) is 13.9 Å². The molecule has 108 valence electrons. The minimum absolute atomic E-state index is 0.0650. The molecule has 2 aromatic carbocycles. The van der Waals surface area contributed by atoms with Crippen molar-refractivity contribution in [3.05, 3.63) is 42.0 Å². The molecule has 0 saturated heterocycles. The lowest BCUT2D eigenvalue weighted by Gasteiger charge is -2.22. The van der Waals surface area contributed by atoms with Gasteiger partial charge in [-0.15, -0.1) is 0 Å². The molecule has 3 heteroatoms. The Kier molecular flexibility index (Phi) is 4.63. The van der Waals surface area contributed by atoms with Crippen LogP contribution in [0.25, 0.3) is 10.8 Å². The van der Waals surface area contributed by atoms with Crippen LogP contribution in [0.4, 0.5) is 0 Å². The average Bonchev–Trinajstić information content (AvgIpc) is 2.42. The normalized spacial score (nSPS) is 11.8. The van der Waals surface area contributed by atoms with Crippen molar-refractivity contribution in [2.45, 2.75) is 32.9 Å². The summed E-state index contributed by atoms with van der Waals surface area (Å²) in [6, 6.07) is 12.5. The van der Waals surface area contributed by atoms with Crippen LogP contribution in [-0.2, 0) is 11.3 Å². The first-order valence-electron chi connectivity index (χ1n) is 6.88. The number of rotatable bonds is 5. The maximum Gasteiger partial charge on any atom is 0.188 e. The summed E-state index contributed by atoms with van der Waals surface area (Å²) in [6.07, 6.45) is 0. The summed E-state index contributed by atoms with van der Waals surface area (Å²) in [5.74, 6) is 0.877. The first kappa shape index (κ1) is 14.8. The average molecular weight is 273 g/mol. The van der Waals surface area contributed by atoms with E-state index < -0.39 is 0 Å². The van der Waals surface area contributed by atoms with E-state index in [2.05, 4.69) is 56.4 Å². The van der Waals surface area contributed by atoms with Crippen LogP contribution in [0.3, 0.4) is 0 Å². The van der Waals surface area contributed by atoms with Crippen LogP contribution in [0.5, 0.6) is 5.75 Å². The third kappa shape index (κ3) is 3.71. The molecule has 1 N–H and O–H groups in total. The molecule has 0 fully saturated rings. The number of fused-ring (bicyclic) bond motifs is 1. The van der Waals surface area contributed by atoms with Crippen molar-refractivity contribution in [1.29, 1.82) is 0 Å². The fraction of sp³-hybridized carbons (Fsp3) is 0.412. The van der Waals surface area contributed by atoms with E-state index in [0.717, 1.165) is 12.3 Å². The molecular formula is C17H23NO2. The second-order valence-electron chi connectivity index (χ2n) is 5.92. The van der Waals surface area contributed by atoms with Gasteiger partial charge in [-0.3, -0.25) is 0 Å². The molecule has 20 heavy (non-hydrogen) atoms. The molecule has 0 atom stereocenters. The quantitative estimate of drug-likeness (QED) is 0.842. The molecule has 0 spiro atoms. The summed E-state index contributed by atoms with van der Waals surface area (Å²) in [7, 11) is 1.63. The Balaban J connectivity index is 2.38. The lowest BCUT2D eigenvalue weighted by atomic mass is 10.0. The summed E-state index contributed by atoms with van der Waals surface area (Å²) < 4.78 is 10.7. The van der Waals surface area contributed by atoms with Crippen molar-refractivity contribution >= 4 is 10.8 Å². The van der Waals surface area contributed by atoms with Gasteiger partial charge >= 0.3 is 0 Å². The van der Waals surface area contributed by atoms with E-state index in [4.69, 9.17) is 9.47 Å². The van der Waals surface area contributed by atoms with Crippen molar-refractivity contribution in [3.8, 4) is 5.75 Å². The summed E-state index contributed by atoms with van der Waals surface area (Å²) in [5.41, 5.74) is 1.24. The lowest BCUT2D eigenvalue weighted by Crippen LogP contribution is -2.35. The fourth-order valence-electron chi connectivity index (χ4n) is 2.11. The number of hydrogen-bond donors (Lipinski definition) is 1. The van der Waals surface area contributed by atoms with Crippen molar-refractivity contribution in [1.82, 2.24) is 5.32 Å². The largest absolute Gasteiger partial charge is 0.467 e. The van der Waals surface area contributed by atoms with Crippen molar-refractivity contribution in [3.63, 3.8) is 0 Å². The Morgan fingerprint density at radius 3 is 2.50 bits per heavy atom. The van der Waals surface area contributed by atoms with Crippen molar-refractivity contribution < 1.29 is 9.47 Å². The molecule has 0 heterocycles. The lowest BCUT2D eigenvalue weighted by molar-refractivity contribution is 0.0504. The molecular weight excluding hydrogens is 250 g/mol. The van der Waals surface area contributed by atoms with Crippen LogP contribution < -0.4 is 10.1 Å². The Labute approximate surface area is 120 Å². The van der Waals surface area contributed by atoms with Gasteiger partial charge in [-0.2, -0.15) is 0 Å². The molecule has 2 rings (SSSR count). The smallest absolute Gasteiger partial charge is 0.188 e. The van der Waals surface area contributed by atoms with E-state index in [-0.39, 0.29) is 12.3 Å². The summed E-state index contributed by atoms with van der Waals surface area (Å²) in [5, 5.41) is 5.97. The molecule has 0 aliphatic carbocycles. The Bertz CT molecular complexity index is 573. The van der Waals surface area contributed by atoms with Crippen LogP contribution in [0.15, 0.2) is 36.4 Å². The number of nitrogens with one attached hydrogen (secondary N) is 1. The van der Waals surface area contributed by atoms with Gasteiger partial charge in [0, 0.05) is 24.8 Å². The maximum absolute atomic E-state index is 5.70. The number of hydrogen-bond acceptors (Lipinski definition) is 3. The maximum atomic E-state index is 5.70. The third-order valence-electron chi connectivity index (χ3n) is 3.13. The fourth-order valence-corrected chi connectivity index (χ4v) is 2.11. The zero-order valence-corrected chi connectivity index (χ0v) is 12.7. The van der Waals surface area contributed by atoms with Gasteiger partial charge < -0.3 is 14.8 Å². The highest BCUT2D eigenvalue weighted by Crippen LogP contribution is 2.28. The molecule has 0 radical (unpaired) electrons. The number of methoxy groups -OCH3 is 1. The van der Waals surface area contributed by atoms with Gasteiger partial charge in [0.05, 0.1) is 0 Å². The molecule has 0 saturated carbocycles. The number of ether oxygens (including phenoxy) is 2. The van der Waals surface area contributed by atoms with Gasteiger partial charge in [-0.25, -0.2) is 0 Å². The second kappa shape index (κ2) is 6.25. The highest BCUT2D eigenvalue weighted by Gasteiger charge is 2.13. The molecule has 0 unspecified atom stereocenters. The summed E-state index contributed by atoms with van der Waals surface area (Å²) >= 11 is 0. The van der Waals surface area contributed by atoms with E-state index in [9.17, 15) is 0 Å². The van der Waals surface area contributed by atoms with Gasteiger partial charge in [-0.1, -0.05) is 30.3 Å². The van der Waals surface area contributed by atoms with Crippen LogP contribution in [0.1, 0.15) is 26.3 Å². The SMILES string of the molecule is COCOc1ccc2ccccc2c1CNC(C)(C)C. The van der Waals surface area contributed by atoms with E-state index >= 15 is 0 Å². The monoisotopic (exact) mass is 273 g/mol. The third-order valence-corrected chi connectivity index (χ3v) is 3.13. The van der Waals surface area contributed by atoms with Gasteiger partial charge in [0.25, 0.3) is 0 Å². The predicted octanol–water partition coefficient (Wildman–Crippen LogP) is 3.71. The zero-order chi connectivity index (χ0) is 14.6. The van der Waals surface area contributed by atoms with Crippen molar-refractivity contribution in [2.24, 2.45) is 0 Å². The van der Waals surface area contributed by atoms with E-state index in [1.807, 2.05) is 6.07 Å². The molecule has 0 aliphatic rings. The molecule has 0 bridgehead atoms. The van der Waals surface area contributed by atoms with Crippen LogP contribution in [0.2, 0.25) is 0 Å². The number of benzene rings is 2.